The lowest BCUT2D eigenvalue weighted by molar-refractivity contribution is 0.191. The summed E-state index contributed by atoms with van der Waals surface area (Å²) in [6, 6.07) is 15.0. The Kier molecular flexibility index (Phi) is 7.55. The molecule has 0 unspecified atom stereocenters. The molecule has 0 aliphatic rings. The SMILES string of the molecule is Cc1ccc(S(=O)(=O)OCCN(CCCc2ccc(C#N)cc2)C(N)=O)cc1. The molecular formula is C20H23N3O4S. The fraction of sp³-hybridized carbons (Fsp3) is 0.300. The van der Waals surface area contributed by atoms with Crippen LogP contribution in [0.25, 0.3) is 0 Å². The van der Waals surface area contributed by atoms with Gasteiger partial charge in [0.15, 0.2) is 0 Å². The highest BCUT2D eigenvalue weighted by Crippen LogP contribution is 2.13. The number of primary amides is 1. The average molecular weight is 401 g/mol. The molecule has 0 radical (unpaired) electrons. The Labute approximate surface area is 165 Å². The molecule has 0 heterocycles. The van der Waals surface area contributed by atoms with Crippen molar-refractivity contribution in [2.24, 2.45) is 5.73 Å². The summed E-state index contributed by atoms with van der Waals surface area (Å²) in [5.74, 6) is 0. The van der Waals surface area contributed by atoms with E-state index in [2.05, 4.69) is 6.07 Å². The van der Waals surface area contributed by atoms with Crippen LogP contribution in [0.2, 0.25) is 0 Å². The zero-order chi connectivity index (χ0) is 20.6. The van der Waals surface area contributed by atoms with E-state index in [0.29, 0.717) is 24.9 Å². The number of hydrogen-bond acceptors (Lipinski definition) is 5. The number of carbonyl (C=O) groups excluding carboxylic acids is 1. The zero-order valence-electron chi connectivity index (χ0n) is 15.7. The molecule has 0 fully saturated rings. The lowest BCUT2D eigenvalue weighted by Gasteiger charge is -2.20. The average Bonchev–Trinajstić information content (AvgIpc) is 2.67. The van der Waals surface area contributed by atoms with E-state index in [-0.39, 0.29) is 18.0 Å². The predicted octanol–water partition coefficient (Wildman–Crippen LogP) is 2.59. The van der Waals surface area contributed by atoms with Gasteiger partial charge in [-0.15, -0.1) is 0 Å². The number of urea groups is 1. The number of aryl methyl sites for hydroxylation is 2. The molecule has 2 amide bonds. The van der Waals surface area contributed by atoms with Crippen LogP contribution in [0, 0.1) is 18.3 Å². The molecule has 28 heavy (non-hydrogen) atoms. The first-order valence-electron chi connectivity index (χ1n) is 8.81. The van der Waals surface area contributed by atoms with Crippen LogP contribution < -0.4 is 5.73 Å². The molecule has 148 valence electrons. The van der Waals surface area contributed by atoms with Gasteiger partial charge in [0.1, 0.15) is 0 Å². The highest BCUT2D eigenvalue weighted by atomic mass is 32.2. The van der Waals surface area contributed by atoms with E-state index in [4.69, 9.17) is 15.2 Å². The molecule has 0 atom stereocenters. The van der Waals surface area contributed by atoms with Crippen LogP contribution in [0.4, 0.5) is 4.79 Å². The van der Waals surface area contributed by atoms with Gasteiger partial charge in [-0.05, 0) is 49.6 Å². The molecule has 0 aliphatic carbocycles. The van der Waals surface area contributed by atoms with Crippen LogP contribution in [0.5, 0.6) is 0 Å². The van der Waals surface area contributed by atoms with Crippen molar-refractivity contribution < 1.29 is 17.4 Å². The minimum atomic E-state index is -3.87. The first kappa shape index (κ1) is 21.4. The van der Waals surface area contributed by atoms with Crippen molar-refractivity contribution in [1.29, 1.82) is 5.26 Å². The predicted molar refractivity (Wildman–Crippen MR) is 105 cm³/mol. The molecule has 8 heteroatoms. The Bertz CT molecular complexity index is 933. The van der Waals surface area contributed by atoms with Gasteiger partial charge >= 0.3 is 6.03 Å². The van der Waals surface area contributed by atoms with Crippen molar-refractivity contribution in [3.8, 4) is 6.07 Å². The van der Waals surface area contributed by atoms with Gasteiger partial charge in [-0.3, -0.25) is 4.18 Å². The Morgan fingerprint density at radius 2 is 1.75 bits per heavy atom. The summed E-state index contributed by atoms with van der Waals surface area (Å²) in [7, 11) is -3.87. The van der Waals surface area contributed by atoms with Crippen molar-refractivity contribution in [3.05, 3.63) is 65.2 Å². The number of benzene rings is 2. The number of hydrogen-bond donors (Lipinski definition) is 1. The number of amides is 2. The van der Waals surface area contributed by atoms with Crippen molar-refractivity contribution in [1.82, 2.24) is 4.90 Å². The summed E-state index contributed by atoms with van der Waals surface area (Å²) in [6.45, 7) is 2.15. The molecule has 2 aromatic carbocycles. The number of nitriles is 1. The highest BCUT2D eigenvalue weighted by Gasteiger charge is 2.16. The normalized spacial score (nSPS) is 11.0. The highest BCUT2D eigenvalue weighted by molar-refractivity contribution is 7.86. The van der Waals surface area contributed by atoms with Gasteiger partial charge in [-0.1, -0.05) is 29.8 Å². The van der Waals surface area contributed by atoms with Crippen LogP contribution in [0.15, 0.2) is 53.4 Å². The topological polar surface area (TPSA) is 113 Å². The number of carbonyl (C=O) groups is 1. The van der Waals surface area contributed by atoms with Crippen molar-refractivity contribution in [3.63, 3.8) is 0 Å². The monoisotopic (exact) mass is 401 g/mol. The van der Waals surface area contributed by atoms with E-state index in [1.54, 1.807) is 24.3 Å². The maximum Gasteiger partial charge on any atom is 0.314 e. The van der Waals surface area contributed by atoms with Gasteiger partial charge in [0.05, 0.1) is 23.1 Å². The Hall–Kier alpha value is -2.89. The lowest BCUT2D eigenvalue weighted by atomic mass is 10.1. The third kappa shape index (κ3) is 6.37. The molecule has 2 aromatic rings. The summed E-state index contributed by atoms with van der Waals surface area (Å²) in [4.78, 5) is 13.0. The lowest BCUT2D eigenvalue weighted by Crippen LogP contribution is -2.39. The first-order valence-corrected chi connectivity index (χ1v) is 10.2. The van der Waals surface area contributed by atoms with E-state index in [1.165, 1.54) is 17.0 Å². The second-order valence-electron chi connectivity index (χ2n) is 6.33. The van der Waals surface area contributed by atoms with Crippen LogP contribution >= 0.6 is 0 Å². The van der Waals surface area contributed by atoms with E-state index in [1.807, 2.05) is 19.1 Å². The quantitative estimate of drug-likeness (QED) is 0.649. The third-order valence-electron chi connectivity index (χ3n) is 4.20. The van der Waals surface area contributed by atoms with Crippen molar-refractivity contribution in [2.75, 3.05) is 19.7 Å². The van der Waals surface area contributed by atoms with Gasteiger partial charge in [0.2, 0.25) is 0 Å². The van der Waals surface area contributed by atoms with Crippen LogP contribution in [0.3, 0.4) is 0 Å². The number of rotatable bonds is 9. The van der Waals surface area contributed by atoms with Gasteiger partial charge in [0, 0.05) is 13.1 Å². The zero-order valence-corrected chi connectivity index (χ0v) is 16.5. The Morgan fingerprint density at radius 1 is 1.11 bits per heavy atom. The van der Waals surface area contributed by atoms with Crippen molar-refractivity contribution >= 4 is 16.1 Å². The third-order valence-corrected chi connectivity index (χ3v) is 5.52. The van der Waals surface area contributed by atoms with Crippen LogP contribution in [-0.2, 0) is 20.7 Å². The molecule has 2 N–H and O–H groups in total. The number of nitrogens with zero attached hydrogens (tertiary/aromatic N) is 2. The largest absolute Gasteiger partial charge is 0.351 e. The molecule has 0 aliphatic heterocycles. The Balaban J connectivity index is 1.82. The molecule has 0 saturated carbocycles. The number of nitrogens with two attached hydrogens (primary N) is 1. The minimum absolute atomic E-state index is 0.0736. The molecule has 0 spiro atoms. The van der Waals surface area contributed by atoms with Gasteiger partial charge in [-0.2, -0.15) is 13.7 Å². The first-order chi connectivity index (χ1) is 13.3. The summed E-state index contributed by atoms with van der Waals surface area (Å²) >= 11 is 0. The molecule has 7 nitrogen and oxygen atoms in total. The standard InChI is InChI=1S/C20H23N3O4S/c1-16-4-10-19(11-5-16)28(25,26)27-14-13-23(20(22)24)12-2-3-17-6-8-18(15-21)9-7-17/h4-11H,2-3,12-14H2,1H3,(H2,22,24). The van der Waals surface area contributed by atoms with Gasteiger partial charge in [-0.25, -0.2) is 4.79 Å². The summed E-state index contributed by atoms with van der Waals surface area (Å²) < 4.78 is 29.4. The smallest absolute Gasteiger partial charge is 0.314 e. The van der Waals surface area contributed by atoms with E-state index in [0.717, 1.165) is 11.1 Å². The van der Waals surface area contributed by atoms with E-state index < -0.39 is 16.1 Å². The van der Waals surface area contributed by atoms with Crippen LogP contribution in [0.1, 0.15) is 23.1 Å². The van der Waals surface area contributed by atoms with Gasteiger partial charge in [0.25, 0.3) is 10.1 Å². The fourth-order valence-electron chi connectivity index (χ4n) is 2.58. The maximum atomic E-state index is 12.2. The molecule has 0 bridgehead atoms. The van der Waals surface area contributed by atoms with Gasteiger partial charge < -0.3 is 10.6 Å². The summed E-state index contributed by atoms with van der Waals surface area (Å²) in [5, 5.41) is 8.80. The summed E-state index contributed by atoms with van der Waals surface area (Å²) in [5.41, 5.74) is 7.96. The summed E-state index contributed by atoms with van der Waals surface area (Å²) in [6.07, 6.45) is 1.36. The van der Waals surface area contributed by atoms with Crippen LogP contribution in [-0.4, -0.2) is 39.0 Å². The minimum Gasteiger partial charge on any atom is -0.351 e. The molecular weight excluding hydrogens is 378 g/mol. The van der Waals surface area contributed by atoms with E-state index in [9.17, 15) is 13.2 Å². The molecule has 0 aromatic heterocycles. The Morgan fingerprint density at radius 3 is 2.32 bits per heavy atom. The molecule has 0 saturated heterocycles. The van der Waals surface area contributed by atoms with E-state index >= 15 is 0 Å². The molecule has 2 rings (SSSR count). The second-order valence-corrected chi connectivity index (χ2v) is 7.94. The fourth-order valence-corrected chi connectivity index (χ4v) is 3.48. The maximum absolute atomic E-state index is 12.2. The van der Waals surface area contributed by atoms with Crippen molar-refractivity contribution in [2.45, 2.75) is 24.7 Å². The second kappa shape index (κ2) is 9.88.